The van der Waals surface area contributed by atoms with Crippen molar-refractivity contribution in [1.82, 2.24) is 0 Å². The predicted octanol–water partition coefficient (Wildman–Crippen LogP) is -3.69. The standard InChI is InChI=1S/C13H22O10/c1-19-11-7(16)9(17)12(23-11)4-20-8-6(2-14)22-13(3-15,10(8)18)21-5-12/h6-11,14-18H,2-5H2,1H3. The highest BCUT2D eigenvalue weighted by Gasteiger charge is 2.63. The summed E-state index contributed by atoms with van der Waals surface area (Å²) in [6.07, 6.45) is -6.98. The normalized spacial score (nSPS) is 53.5. The summed E-state index contributed by atoms with van der Waals surface area (Å²) in [5.74, 6) is -1.80. The molecule has 0 saturated carbocycles. The Hall–Kier alpha value is -0.400. The quantitative estimate of drug-likeness (QED) is 0.348. The minimum Gasteiger partial charge on any atom is -0.394 e. The molecule has 3 heterocycles. The molecule has 8 unspecified atom stereocenters. The molecule has 5 N–H and O–H groups in total. The zero-order valence-electron chi connectivity index (χ0n) is 12.6. The largest absolute Gasteiger partial charge is 0.394 e. The third-order valence-corrected chi connectivity index (χ3v) is 4.68. The fourth-order valence-corrected chi connectivity index (χ4v) is 3.26. The molecule has 3 saturated heterocycles. The van der Waals surface area contributed by atoms with Crippen LogP contribution in [0.2, 0.25) is 0 Å². The van der Waals surface area contributed by atoms with E-state index in [4.69, 9.17) is 23.7 Å². The summed E-state index contributed by atoms with van der Waals surface area (Å²) in [6, 6.07) is 0. The minimum atomic E-state index is -1.80. The summed E-state index contributed by atoms with van der Waals surface area (Å²) in [7, 11) is 1.32. The van der Waals surface area contributed by atoms with Gasteiger partial charge in [0, 0.05) is 7.11 Å². The number of methoxy groups -OCH3 is 1. The first-order chi connectivity index (χ1) is 10.9. The number of aliphatic hydroxyl groups excluding tert-OH is 5. The number of aliphatic hydroxyl groups is 5. The van der Waals surface area contributed by atoms with Crippen LogP contribution in [0.5, 0.6) is 0 Å². The number of rotatable bonds is 3. The molecule has 23 heavy (non-hydrogen) atoms. The van der Waals surface area contributed by atoms with Crippen LogP contribution in [0, 0.1) is 0 Å². The third kappa shape index (κ3) is 2.50. The van der Waals surface area contributed by atoms with Crippen LogP contribution in [0.4, 0.5) is 0 Å². The first-order valence-electron chi connectivity index (χ1n) is 7.33. The van der Waals surface area contributed by atoms with Crippen LogP contribution in [0.15, 0.2) is 0 Å². The molecule has 10 heteroatoms. The summed E-state index contributed by atoms with van der Waals surface area (Å²) in [5, 5.41) is 49.5. The maximum atomic E-state index is 10.3. The first kappa shape index (κ1) is 17.4. The van der Waals surface area contributed by atoms with E-state index in [1.807, 2.05) is 0 Å². The molecule has 1 spiro atoms. The first-order valence-corrected chi connectivity index (χ1v) is 7.33. The maximum Gasteiger partial charge on any atom is 0.221 e. The summed E-state index contributed by atoms with van der Waals surface area (Å²) in [5.41, 5.74) is -1.45. The summed E-state index contributed by atoms with van der Waals surface area (Å²) >= 11 is 0. The van der Waals surface area contributed by atoms with E-state index in [9.17, 15) is 25.5 Å². The van der Waals surface area contributed by atoms with Crippen molar-refractivity contribution in [3.05, 3.63) is 0 Å². The van der Waals surface area contributed by atoms with E-state index in [0.29, 0.717) is 0 Å². The van der Waals surface area contributed by atoms with Crippen molar-refractivity contribution in [2.75, 3.05) is 33.5 Å². The second-order valence-corrected chi connectivity index (χ2v) is 6.04. The molecule has 10 nitrogen and oxygen atoms in total. The number of ether oxygens (including phenoxy) is 5. The van der Waals surface area contributed by atoms with Gasteiger partial charge in [0.2, 0.25) is 5.79 Å². The van der Waals surface area contributed by atoms with Gasteiger partial charge in [-0.15, -0.1) is 0 Å². The Morgan fingerprint density at radius 1 is 1.09 bits per heavy atom. The van der Waals surface area contributed by atoms with Crippen molar-refractivity contribution in [3.63, 3.8) is 0 Å². The Bertz CT molecular complexity index is 435. The molecular weight excluding hydrogens is 316 g/mol. The lowest BCUT2D eigenvalue weighted by Gasteiger charge is -2.39. The van der Waals surface area contributed by atoms with Gasteiger partial charge in [0.15, 0.2) is 6.29 Å². The second-order valence-electron chi connectivity index (χ2n) is 6.04. The molecule has 3 aliphatic rings. The highest BCUT2D eigenvalue weighted by molar-refractivity contribution is 5.05. The lowest BCUT2D eigenvalue weighted by Crippen LogP contribution is -2.59. The van der Waals surface area contributed by atoms with E-state index >= 15 is 0 Å². The highest BCUT2D eigenvalue weighted by Crippen LogP contribution is 2.41. The van der Waals surface area contributed by atoms with E-state index in [0.717, 1.165) is 0 Å². The van der Waals surface area contributed by atoms with E-state index in [1.165, 1.54) is 7.11 Å². The van der Waals surface area contributed by atoms with Crippen LogP contribution in [-0.4, -0.2) is 107 Å². The van der Waals surface area contributed by atoms with Gasteiger partial charge >= 0.3 is 0 Å². The van der Waals surface area contributed by atoms with Gasteiger partial charge in [0.05, 0.1) is 19.8 Å². The van der Waals surface area contributed by atoms with Gasteiger partial charge < -0.3 is 49.2 Å². The molecular formula is C13H22O10. The Morgan fingerprint density at radius 3 is 2.39 bits per heavy atom. The average molecular weight is 338 g/mol. The van der Waals surface area contributed by atoms with Crippen LogP contribution in [-0.2, 0) is 23.7 Å². The Balaban J connectivity index is 1.87. The lowest BCUT2D eigenvalue weighted by molar-refractivity contribution is -0.310. The van der Waals surface area contributed by atoms with Gasteiger partial charge in [-0.2, -0.15) is 0 Å². The fourth-order valence-electron chi connectivity index (χ4n) is 3.26. The predicted molar refractivity (Wildman–Crippen MR) is 70.1 cm³/mol. The zero-order chi connectivity index (χ0) is 16.8. The van der Waals surface area contributed by atoms with Gasteiger partial charge in [-0.3, -0.25) is 0 Å². The topological polar surface area (TPSA) is 147 Å². The van der Waals surface area contributed by atoms with Gasteiger partial charge in [-0.1, -0.05) is 0 Å². The van der Waals surface area contributed by atoms with Crippen LogP contribution < -0.4 is 0 Å². The van der Waals surface area contributed by atoms with Crippen LogP contribution in [0.1, 0.15) is 0 Å². The summed E-state index contributed by atoms with van der Waals surface area (Å²) in [4.78, 5) is 0. The van der Waals surface area contributed by atoms with E-state index in [-0.39, 0.29) is 13.2 Å². The van der Waals surface area contributed by atoms with Gasteiger partial charge in [-0.05, 0) is 0 Å². The van der Waals surface area contributed by atoms with Crippen molar-refractivity contribution >= 4 is 0 Å². The molecule has 8 atom stereocenters. The Morgan fingerprint density at radius 2 is 1.83 bits per heavy atom. The monoisotopic (exact) mass is 338 g/mol. The SMILES string of the molecule is COC1OC2(COC3C(CO)OC(CO)(OC2)C3O)C(O)C1O. The molecule has 0 radical (unpaired) electrons. The van der Waals surface area contributed by atoms with Gasteiger partial charge in [0.1, 0.15) is 42.7 Å². The molecule has 0 aromatic rings. The molecule has 0 aromatic heterocycles. The molecule has 3 rings (SSSR count). The van der Waals surface area contributed by atoms with E-state index in [1.54, 1.807) is 0 Å². The Kier molecular flexibility index (Phi) is 4.66. The van der Waals surface area contributed by atoms with Crippen molar-refractivity contribution in [1.29, 1.82) is 0 Å². The maximum absolute atomic E-state index is 10.3. The summed E-state index contributed by atoms with van der Waals surface area (Å²) < 4.78 is 27.1. The van der Waals surface area contributed by atoms with E-state index < -0.39 is 61.4 Å². The zero-order valence-corrected chi connectivity index (χ0v) is 12.6. The molecule has 0 amide bonds. The minimum absolute atomic E-state index is 0.228. The number of fused-ring (bicyclic) bond motifs is 2. The number of hydrogen-bond donors (Lipinski definition) is 5. The average Bonchev–Trinajstić information content (AvgIpc) is 3.00. The molecule has 3 aliphatic heterocycles. The Labute approximate surface area is 132 Å². The van der Waals surface area contributed by atoms with Crippen molar-refractivity contribution in [2.24, 2.45) is 0 Å². The smallest absolute Gasteiger partial charge is 0.221 e. The van der Waals surface area contributed by atoms with Crippen molar-refractivity contribution in [3.8, 4) is 0 Å². The van der Waals surface area contributed by atoms with Crippen LogP contribution >= 0.6 is 0 Å². The fraction of sp³-hybridized carbons (Fsp3) is 1.00. The van der Waals surface area contributed by atoms with Crippen molar-refractivity contribution < 1.29 is 49.2 Å². The van der Waals surface area contributed by atoms with Crippen LogP contribution in [0.3, 0.4) is 0 Å². The van der Waals surface area contributed by atoms with Gasteiger partial charge in [-0.25, -0.2) is 0 Å². The highest BCUT2D eigenvalue weighted by atomic mass is 16.8. The number of hydrogen-bond acceptors (Lipinski definition) is 10. The third-order valence-electron chi connectivity index (χ3n) is 4.68. The second kappa shape index (κ2) is 6.15. The van der Waals surface area contributed by atoms with E-state index in [2.05, 4.69) is 0 Å². The van der Waals surface area contributed by atoms with Crippen LogP contribution in [0.25, 0.3) is 0 Å². The molecule has 3 fully saturated rings. The lowest BCUT2D eigenvalue weighted by atomic mass is 9.95. The molecule has 134 valence electrons. The summed E-state index contributed by atoms with van der Waals surface area (Å²) in [6.45, 7) is -1.69. The molecule has 0 aliphatic carbocycles. The van der Waals surface area contributed by atoms with Gasteiger partial charge in [0.25, 0.3) is 0 Å². The molecule has 0 aromatic carbocycles. The molecule has 2 bridgehead atoms. The van der Waals surface area contributed by atoms with Crippen molar-refractivity contribution in [2.45, 2.75) is 48.2 Å².